The molecule has 1 amide bonds. The zero-order chi connectivity index (χ0) is 14.0. The van der Waals surface area contributed by atoms with Gasteiger partial charge in [-0.1, -0.05) is 12.1 Å². The van der Waals surface area contributed by atoms with Gasteiger partial charge in [-0.25, -0.2) is 0 Å². The van der Waals surface area contributed by atoms with Crippen molar-refractivity contribution < 1.29 is 4.79 Å². The van der Waals surface area contributed by atoms with E-state index in [1.165, 1.54) is 0 Å². The zero-order valence-electron chi connectivity index (χ0n) is 12.0. The molecule has 104 valence electrons. The number of likely N-dealkylation sites (N-methyl/N-ethyl adjacent to an activating group) is 1. The average molecular weight is 261 g/mol. The van der Waals surface area contributed by atoms with Gasteiger partial charge in [-0.15, -0.1) is 0 Å². The normalized spacial score (nSPS) is 24.5. The Kier molecular flexibility index (Phi) is 4.10. The number of anilines is 1. The minimum atomic E-state index is 0.192. The molecule has 0 saturated carbocycles. The third-order valence-electron chi connectivity index (χ3n) is 4.02. The highest BCUT2D eigenvalue weighted by molar-refractivity contribution is 5.79. The molecule has 19 heavy (non-hydrogen) atoms. The second kappa shape index (κ2) is 5.61. The lowest BCUT2D eigenvalue weighted by molar-refractivity contribution is -0.134. The van der Waals surface area contributed by atoms with Crippen molar-refractivity contribution in [2.75, 3.05) is 25.9 Å². The summed E-state index contributed by atoms with van der Waals surface area (Å²) < 4.78 is 0. The van der Waals surface area contributed by atoms with Gasteiger partial charge < -0.3 is 10.6 Å². The van der Waals surface area contributed by atoms with Crippen molar-refractivity contribution in [1.29, 1.82) is 0 Å². The van der Waals surface area contributed by atoms with E-state index in [2.05, 4.69) is 25.8 Å². The monoisotopic (exact) mass is 261 g/mol. The van der Waals surface area contributed by atoms with Crippen LogP contribution in [0.5, 0.6) is 0 Å². The quantitative estimate of drug-likeness (QED) is 0.818. The van der Waals surface area contributed by atoms with Crippen molar-refractivity contribution in [3.05, 3.63) is 29.8 Å². The molecule has 1 aliphatic rings. The van der Waals surface area contributed by atoms with E-state index in [9.17, 15) is 4.79 Å². The van der Waals surface area contributed by atoms with E-state index in [-0.39, 0.29) is 5.91 Å². The lowest BCUT2D eigenvalue weighted by atomic mass is 10.1. The number of amides is 1. The zero-order valence-corrected chi connectivity index (χ0v) is 12.0. The van der Waals surface area contributed by atoms with Crippen molar-refractivity contribution in [3.8, 4) is 0 Å². The van der Waals surface area contributed by atoms with Gasteiger partial charge in [0.05, 0.1) is 6.42 Å². The molecule has 1 saturated heterocycles. The molecule has 1 aromatic rings. The number of rotatable bonds is 2. The van der Waals surface area contributed by atoms with Crippen molar-refractivity contribution >= 4 is 11.6 Å². The van der Waals surface area contributed by atoms with Crippen molar-refractivity contribution in [1.82, 2.24) is 9.80 Å². The molecule has 1 aliphatic heterocycles. The smallest absolute Gasteiger partial charge is 0.227 e. The van der Waals surface area contributed by atoms with Crippen molar-refractivity contribution in [3.63, 3.8) is 0 Å². The number of carbonyl (C=O) groups excluding carboxylic acids is 1. The van der Waals surface area contributed by atoms with Gasteiger partial charge in [-0.05, 0) is 38.6 Å². The Morgan fingerprint density at radius 1 is 1.32 bits per heavy atom. The van der Waals surface area contributed by atoms with Gasteiger partial charge in [0.15, 0.2) is 0 Å². The summed E-state index contributed by atoms with van der Waals surface area (Å²) in [4.78, 5) is 16.6. The molecule has 1 fully saturated rings. The van der Waals surface area contributed by atoms with E-state index in [1.54, 1.807) is 0 Å². The first-order valence-corrected chi connectivity index (χ1v) is 6.81. The molecule has 1 aromatic carbocycles. The second-order valence-electron chi connectivity index (χ2n) is 5.58. The molecular weight excluding hydrogens is 238 g/mol. The van der Waals surface area contributed by atoms with Crippen LogP contribution in [0.3, 0.4) is 0 Å². The van der Waals surface area contributed by atoms with Crippen LogP contribution < -0.4 is 5.73 Å². The molecule has 0 spiro atoms. The summed E-state index contributed by atoms with van der Waals surface area (Å²) in [5.74, 6) is 0.192. The van der Waals surface area contributed by atoms with Gasteiger partial charge in [0, 0.05) is 30.9 Å². The lowest BCUT2D eigenvalue weighted by Gasteiger charge is -2.42. The van der Waals surface area contributed by atoms with Gasteiger partial charge in [-0.2, -0.15) is 0 Å². The predicted molar refractivity (Wildman–Crippen MR) is 77.8 cm³/mol. The molecular formula is C15H23N3O. The third-order valence-corrected chi connectivity index (χ3v) is 4.02. The number of carbonyl (C=O) groups is 1. The van der Waals surface area contributed by atoms with E-state index < -0.39 is 0 Å². The highest BCUT2D eigenvalue weighted by Crippen LogP contribution is 2.15. The Balaban J connectivity index is 2.00. The Bertz CT molecular complexity index is 448. The van der Waals surface area contributed by atoms with Gasteiger partial charge in [0.25, 0.3) is 0 Å². The van der Waals surface area contributed by atoms with E-state index >= 15 is 0 Å². The van der Waals surface area contributed by atoms with E-state index in [1.807, 2.05) is 29.2 Å². The minimum Gasteiger partial charge on any atom is -0.399 e. The van der Waals surface area contributed by atoms with E-state index in [4.69, 9.17) is 5.73 Å². The number of nitrogens with zero attached hydrogens (tertiary/aromatic N) is 2. The van der Waals surface area contributed by atoms with Crippen LogP contribution in [0.4, 0.5) is 5.69 Å². The fraction of sp³-hybridized carbons (Fsp3) is 0.533. The maximum atomic E-state index is 12.3. The van der Waals surface area contributed by atoms with Crippen LogP contribution in [0.2, 0.25) is 0 Å². The largest absolute Gasteiger partial charge is 0.399 e. The number of hydrogen-bond acceptors (Lipinski definition) is 3. The Hall–Kier alpha value is -1.55. The van der Waals surface area contributed by atoms with E-state index in [0.717, 1.165) is 18.7 Å². The van der Waals surface area contributed by atoms with Crippen molar-refractivity contribution in [2.45, 2.75) is 32.4 Å². The number of piperazine rings is 1. The van der Waals surface area contributed by atoms with Crippen LogP contribution in [0.15, 0.2) is 24.3 Å². The molecule has 2 atom stereocenters. The predicted octanol–water partition coefficient (Wildman–Crippen LogP) is 1.36. The van der Waals surface area contributed by atoms with E-state index in [0.29, 0.717) is 24.2 Å². The van der Waals surface area contributed by atoms with Crippen LogP contribution in [-0.2, 0) is 11.2 Å². The van der Waals surface area contributed by atoms with Crippen LogP contribution in [-0.4, -0.2) is 47.9 Å². The van der Waals surface area contributed by atoms with Gasteiger partial charge in [0.1, 0.15) is 0 Å². The Labute approximate surface area is 115 Å². The molecule has 0 radical (unpaired) electrons. The van der Waals surface area contributed by atoms with Crippen LogP contribution in [0, 0.1) is 0 Å². The summed E-state index contributed by atoms with van der Waals surface area (Å²) in [6, 6.07) is 8.39. The summed E-state index contributed by atoms with van der Waals surface area (Å²) in [5.41, 5.74) is 7.45. The maximum Gasteiger partial charge on any atom is 0.227 e. The Morgan fingerprint density at radius 3 is 2.53 bits per heavy atom. The first-order valence-electron chi connectivity index (χ1n) is 6.81. The summed E-state index contributed by atoms with van der Waals surface area (Å²) in [5, 5.41) is 0. The summed E-state index contributed by atoms with van der Waals surface area (Å²) in [6.07, 6.45) is 0.439. The Morgan fingerprint density at radius 2 is 1.95 bits per heavy atom. The summed E-state index contributed by atoms with van der Waals surface area (Å²) in [7, 11) is 2.12. The number of benzene rings is 1. The van der Waals surface area contributed by atoms with Crippen LogP contribution in [0.25, 0.3) is 0 Å². The third kappa shape index (κ3) is 3.26. The highest BCUT2D eigenvalue weighted by atomic mass is 16.2. The lowest BCUT2D eigenvalue weighted by Crippen LogP contribution is -2.56. The minimum absolute atomic E-state index is 0.192. The number of hydrogen-bond donors (Lipinski definition) is 1. The molecule has 1 heterocycles. The molecule has 0 bridgehead atoms. The van der Waals surface area contributed by atoms with Crippen molar-refractivity contribution in [2.24, 2.45) is 0 Å². The van der Waals surface area contributed by atoms with Crippen LogP contribution in [0.1, 0.15) is 19.4 Å². The standard InChI is InChI=1S/C15H23N3O/c1-11-9-18(10-12(2)17(11)3)15(19)8-13-5-4-6-14(16)7-13/h4-7,11-12H,8-10,16H2,1-3H3. The first kappa shape index (κ1) is 13.9. The van der Waals surface area contributed by atoms with Crippen LogP contribution >= 0.6 is 0 Å². The highest BCUT2D eigenvalue weighted by Gasteiger charge is 2.29. The molecule has 4 nitrogen and oxygen atoms in total. The maximum absolute atomic E-state index is 12.3. The average Bonchev–Trinajstić information content (AvgIpc) is 2.35. The SMILES string of the molecule is CC1CN(C(=O)Cc2cccc(N)c2)CC(C)N1C. The number of nitrogen functional groups attached to an aromatic ring is 1. The fourth-order valence-electron chi connectivity index (χ4n) is 2.60. The van der Waals surface area contributed by atoms with Gasteiger partial charge in [-0.3, -0.25) is 9.69 Å². The molecule has 2 unspecified atom stereocenters. The molecule has 4 heteroatoms. The fourth-order valence-corrected chi connectivity index (χ4v) is 2.60. The molecule has 0 aliphatic carbocycles. The summed E-state index contributed by atoms with van der Waals surface area (Å²) in [6.45, 7) is 5.94. The molecule has 0 aromatic heterocycles. The molecule has 2 N–H and O–H groups in total. The topological polar surface area (TPSA) is 49.6 Å². The molecule has 2 rings (SSSR count). The first-order chi connectivity index (χ1) is 8.97. The number of nitrogens with two attached hydrogens (primary N) is 1. The van der Waals surface area contributed by atoms with Gasteiger partial charge in [0.2, 0.25) is 5.91 Å². The summed E-state index contributed by atoms with van der Waals surface area (Å²) >= 11 is 0. The second-order valence-corrected chi connectivity index (χ2v) is 5.58. The van der Waals surface area contributed by atoms with Gasteiger partial charge >= 0.3 is 0 Å².